The molecule has 0 aliphatic rings. The van der Waals surface area contributed by atoms with E-state index in [0.717, 1.165) is 21.3 Å². The molecule has 0 fully saturated rings. The van der Waals surface area contributed by atoms with Gasteiger partial charge in [0.1, 0.15) is 11.5 Å². The minimum absolute atomic E-state index is 0.341. The van der Waals surface area contributed by atoms with Gasteiger partial charge in [-0.3, -0.25) is 0 Å². The van der Waals surface area contributed by atoms with Crippen LogP contribution in [0.25, 0.3) is 0 Å². The van der Waals surface area contributed by atoms with Crippen molar-refractivity contribution in [2.75, 3.05) is 0 Å². The van der Waals surface area contributed by atoms with Crippen LogP contribution in [0.3, 0.4) is 0 Å². The van der Waals surface area contributed by atoms with Crippen LogP contribution in [0.5, 0.6) is 11.5 Å². The summed E-state index contributed by atoms with van der Waals surface area (Å²) in [6, 6.07) is 11.3. The van der Waals surface area contributed by atoms with E-state index in [-0.39, 0.29) is 0 Å². The highest BCUT2D eigenvalue weighted by Gasteiger charge is 2.12. The third-order valence-electron chi connectivity index (χ3n) is 3.25. The van der Waals surface area contributed by atoms with Crippen molar-refractivity contribution < 1.29 is 9.84 Å². The summed E-state index contributed by atoms with van der Waals surface area (Å²) in [6.45, 7) is 5.94. The number of halogens is 2. The maximum Gasteiger partial charge on any atom is 0.146 e. The maximum atomic E-state index is 9.57. The van der Waals surface area contributed by atoms with Crippen molar-refractivity contribution in [3.63, 3.8) is 0 Å². The molecule has 0 aliphatic heterocycles. The summed E-state index contributed by atoms with van der Waals surface area (Å²) in [4.78, 5) is 0. The van der Waals surface area contributed by atoms with E-state index in [4.69, 9.17) is 16.3 Å². The number of aliphatic hydroxyl groups excluding tert-OH is 1. The zero-order valence-corrected chi connectivity index (χ0v) is 14.6. The number of ether oxygens (including phenoxy) is 1. The molecule has 2 rings (SSSR count). The summed E-state index contributed by atoms with van der Waals surface area (Å²) >= 11 is 9.72. The topological polar surface area (TPSA) is 29.5 Å². The van der Waals surface area contributed by atoms with Crippen molar-refractivity contribution in [3.8, 4) is 11.5 Å². The van der Waals surface area contributed by atoms with Gasteiger partial charge in [-0.2, -0.15) is 0 Å². The van der Waals surface area contributed by atoms with Crippen molar-refractivity contribution in [1.29, 1.82) is 0 Å². The molecule has 2 aromatic carbocycles. The molecule has 0 heterocycles. The Bertz CT molecular complexity index is 639. The molecule has 112 valence electrons. The molecule has 0 bridgehead atoms. The molecule has 0 saturated carbocycles. The molecule has 0 saturated heterocycles. The number of hydrogen-bond acceptors (Lipinski definition) is 2. The lowest BCUT2D eigenvalue weighted by molar-refractivity contribution is 0.199. The zero-order chi connectivity index (χ0) is 15.6. The monoisotopic (exact) mass is 368 g/mol. The van der Waals surface area contributed by atoms with Crippen molar-refractivity contribution >= 4 is 27.5 Å². The highest BCUT2D eigenvalue weighted by atomic mass is 79.9. The largest absolute Gasteiger partial charge is 0.456 e. The number of rotatable bonds is 4. The van der Waals surface area contributed by atoms with Crippen LogP contribution in [-0.2, 0) is 0 Å². The molecule has 0 radical (unpaired) electrons. The number of benzene rings is 2. The molecule has 4 heteroatoms. The first-order valence-electron chi connectivity index (χ1n) is 6.83. The van der Waals surface area contributed by atoms with Crippen molar-refractivity contribution in [2.24, 2.45) is 0 Å². The lowest BCUT2D eigenvalue weighted by atomic mass is 10.0. The Morgan fingerprint density at radius 3 is 2.29 bits per heavy atom. The molecule has 1 N–H and O–H groups in total. The summed E-state index contributed by atoms with van der Waals surface area (Å²) in [6.07, 6.45) is -0.546. The summed E-state index contributed by atoms with van der Waals surface area (Å²) in [5.41, 5.74) is 1.88. The highest BCUT2D eigenvalue weighted by molar-refractivity contribution is 9.10. The molecule has 0 aromatic heterocycles. The average molecular weight is 370 g/mol. The Balaban J connectivity index is 2.34. The van der Waals surface area contributed by atoms with Crippen LogP contribution >= 0.6 is 27.5 Å². The molecular weight excluding hydrogens is 352 g/mol. The highest BCUT2D eigenvalue weighted by Crippen LogP contribution is 2.36. The van der Waals surface area contributed by atoms with E-state index < -0.39 is 6.10 Å². The van der Waals surface area contributed by atoms with E-state index in [9.17, 15) is 5.11 Å². The fourth-order valence-electron chi connectivity index (χ4n) is 2.04. The first-order valence-corrected chi connectivity index (χ1v) is 8.00. The van der Waals surface area contributed by atoms with Gasteiger partial charge in [-0.1, -0.05) is 47.4 Å². The van der Waals surface area contributed by atoms with Gasteiger partial charge in [-0.05, 0) is 54.3 Å². The summed E-state index contributed by atoms with van der Waals surface area (Å²) in [5.74, 6) is 1.72. The van der Waals surface area contributed by atoms with Gasteiger partial charge in [0, 0.05) is 4.47 Å². The smallest absolute Gasteiger partial charge is 0.146 e. The standard InChI is InChI=1S/C17H18BrClO2/c1-10(2)14-9-13(18)5-7-16(14)21-17-6-4-12(11(3)20)8-15(17)19/h4-11,20H,1-3H3/t11-/m0/s1. The van der Waals surface area contributed by atoms with E-state index in [1.54, 1.807) is 19.1 Å². The first kappa shape index (κ1) is 16.3. The summed E-state index contributed by atoms with van der Waals surface area (Å²) in [7, 11) is 0. The second kappa shape index (κ2) is 6.82. The molecule has 1 atom stereocenters. The fraction of sp³-hybridized carbons (Fsp3) is 0.294. The SMILES string of the molecule is CC(C)c1cc(Br)ccc1Oc1ccc([C@H](C)O)cc1Cl. The molecule has 0 aliphatic carbocycles. The first-order chi connectivity index (χ1) is 9.88. The van der Waals surface area contributed by atoms with Gasteiger partial charge < -0.3 is 9.84 Å². The van der Waals surface area contributed by atoms with E-state index in [1.165, 1.54) is 0 Å². The second-order valence-corrected chi connectivity index (χ2v) is 6.63. The lowest BCUT2D eigenvalue weighted by Gasteiger charge is -2.16. The van der Waals surface area contributed by atoms with Crippen molar-refractivity contribution in [1.82, 2.24) is 0 Å². The molecule has 0 unspecified atom stereocenters. The van der Waals surface area contributed by atoms with E-state index in [1.807, 2.05) is 18.2 Å². The zero-order valence-electron chi connectivity index (χ0n) is 12.2. The lowest BCUT2D eigenvalue weighted by Crippen LogP contribution is -1.96. The molecule has 2 aromatic rings. The van der Waals surface area contributed by atoms with Crippen LogP contribution in [0.1, 0.15) is 43.9 Å². The van der Waals surface area contributed by atoms with Gasteiger partial charge in [0.2, 0.25) is 0 Å². The average Bonchev–Trinajstić information content (AvgIpc) is 2.42. The van der Waals surface area contributed by atoms with Gasteiger partial charge in [-0.15, -0.1) is 0 Å². The van der Waals surface area contributed by atoms with E-state index in [0.29, 0.717) is 16.7 Å². The molecular formula is C17H18BrClO2. The van der Waals surface area contributed by atoms with E-state index >= 15 is 0 Å². The predicted molar refractivity (Wildman–Crippen MR) is 90.4 cm³/mol. The Morgan fingerprint density at radius 2 is 1.71 bits per heavy atom. The Labute approximate surface area is 138 Å². The van der Waals surface area contributed by atoms with Gasteiger partial charge in [0.25, 0.3) is 0 Å². The second-order valence-electron chi connectivity index (χ2n) is 5.30. The van der Waals surface area contributed by atoms with Crippen molar-refractivity contribution in [2.45, 2.75) is 32.8 Å². The third-order valence-corrected chi connectivity index (χ3v) is 4.04. The van der Waals surface area contributed by atoms with Crippen LogP contribution in [0.2, 0.25) is 5.02 Å². The van der Waals surface area contributed by atoms with Crippen LogP contribution < -0.4 is 4.74 Å². The summed E-state index contributed by atoms with van der Waals surface area (Å²) < 4.78 is 6.98. The Morgan fingerprint density at radius 1 is 1.05 bits per heavy atom. The fourth-order valence-corrected chi connectivity index (χ4v) is 2.65. The maximum absolute atomic E-state index is 9.57. The van der Waals surface area contributed by atoms with Crippen LogP contribution in [-0.4, -0.2) is 5.11 Å². The predicted octanol–water partition coefficient (Wildman–Crippen LogP) is 6.07. The normalized spacial score (nSPS) is 12.5. The Hall–Kier alpha value is -1.03. The molecule has 2 nitrogen and oxygen atoms in total. The Kier molecular flexibility index (Phi) is 5.31. The quantitative estimate of drug-likeness (QED) is 0.708. The number of aliphatic hydroxyl groups is 1. The third kappa shape index (κ3) is 4.00. The minimum atomic E-state index is -0.546. The van der Waals surface area contributed by atoms with E-state index in [2.05, 4.69) is 35.8 Å². The van der Waals surface area contributed by atoms with Gasteiger partial charge in [0.05, 0.1) is 11.1 Å². The molecule has 21 heavy (non-hydrogen) atoms. The van der Waals surface area contributed by atoms with Gasteiger partial charge in [0.15, 0.2) is 0 Å². The summed E-state index contributed by atoms with van der Waals surface area (Å²) in [5, 5.41) is 10.1. The van der Waals surface area contributed by atoms with Crippen molar-refractivity contribution in [3.05, 3.63) is 57.0 Å². The van der Waals surface area contributed by atoms with Gasteiger partial charge in [-0.25, -0.2) is 0 Å². The van der Waals surface area contributed by atoms with Gasteiger partial charge >= 0.3 is 0 Å². The minimum Gasteiger partial charge on any atom is -0.456 e. The molecule has 0 spiro atoms. The van der Waals surface area contributed by atoms with Crippen LogP contribution in [0, 0.1) is 0 Å². The number of hydrogen-bond donors (Lipinski definition) is 1. The molecule has 0 amide bonds. The van der Waals surface area contributed by atoms with Crippen LogP contribution in [0.15, 0.2) is 40.9 Å². The van der Waals surface area contributed by atoms with Crippen LogP contribution in [0.4, 0.5) is 0 Å².